The Balaban J connectivity index is 1.93. The number of benzene rings is 1. The fraction of sp³-hybridized carbons (Fsp3) is 0.400. The van der Waals surface area contributed by atoms with Gasteiger partial charge in [-0.05, 0) is 30.0 Å². The van der Waals surface area contributed by atoms with Crippen LogP contribution in [0.4, 0.5) is 4.39 Å². The molecule has 2 atom stereocenters. The van der Waals surface area contributed by atoms with Gasteiger partial charge in [0.05, 0.1) is 6.04 Å². The highest BCUT2D eigenvalue weighted by Crippen LogP contribution is 2.20. The highest BCUT2D eigenvalue weighted by atomic mass is 19.1. The van der Waals surface area contributed by atoms with Gasteiger partial charge in [0.1, 0.15) is 18.0 Å². The van der Waals surface area contributed by atoms with E-state index >= 15 is 0 Å². The van der Waals surface area contributed by atoms with Crippen molar-refractivity contribution in [3.05, 3.63) is 47.8 Å². The van der Waals surface area contributed by atoms with E-state index in [1.807, 2.05) is 13.8 Å². The number of halogens is 1. The van der Waals surface area contributed by atoms with Gasteiger partial charge in [0.25, 0.3) is 0 Å². The predicted octanol–water partition coefficient (Wildman–Crippen LogP) is 2.70. The number of carbonyl (C=O) groups is 1. The molecule has 0 aliphatic carbocycles. The quantitative estimate of drug-likeness (QED) is 0.859. The average Bonchev–Trinajstić information content (AvgIpc) is 2.99. The molecular weight excluding hydrogens is 271 g/mol. The van der Waals surface area contributed by atoms with Gasteiger partial charge >= 0.3 is 0 Å². The normalized spacial score (nSPS) is 13.7. The highest BCUT2D eigenvalue weighted by Gasteiger charge is 2.17. The number of rotatable bonds is 6. The first-order valence-corrected chi connectivity index (χ1v) is 7.00. The molecule has 2 aromatic rings. The largest absolute Gasteiger partial charge is 0.346 e. The van der Waals surface area contributed by atoms with Gasteiger partial charge in [-0.15, -0.1) is 0 Å². The zero-order valence-corrected chi connectivity index (χ0v) is 12.1. The minimum absolute atomic E-state index is 0.0258. The number of hydrogen-bond donors (Lipinski definition) is 2. The summed E-state index contributed by atoms with van der Waals surface area (Å²) < 4.78 is 12.9. The van der Waals surface area contributed by atoms with Gasteiger partial charge in [-0.3, -0.25) is 9.89 Å². The van der Waals surface area contributed by atoms with Crippen molar-refractivity contribution in [2.75, 3.05) is 0 Å². The number of hydrogen-bond acceptors (Lipinski definition) is 3. The lowest BCUT2D eigenvalue weighted by atomic mass is 9.97. The van der Waals surface area contributed by atoms with Gasteiger partial charge < -0.3 is 5.32 Å². The van der Waals surface area contributed by atoms with Gasteiger partial charge in [-0.25, -0.2) is 9.37 Å². The molecule has 112 valence electrons. The van der Waals surface area contributed by atoms with E-state index in [1.54, 1.807) is 12.1 Å². The summed E-state index contributed by atoms with van der Waals surface area (Å²) in [4.78, 5) is 16.2. The van der Waals surface area contributed by atoms with Crippen LogP contribution < -0.4 is 5.32 Å². The number of nitrogens with one attached hydrogen (secondary N) is 2. The zero-order valence-electron chi connectivity index (χ0n) is 12.1. The fourth-order valence-electron chi connectivity index (χ4n) is 2.19. The minimum atomic E-state index is -0.272. The van der Waals surface area contributed by atoms with Crippen molar-refractivity contribution in [1.82, 2.24) is 20.5 Å². The summed E-state index contributed by atoms with van der Waals surface area (Å²) in [5.41, 5.74) is 0.944. The van der Waals surface area contributed by atoms with E-state index in [0.29, 0.717) is 12.2 Å². The zero-order chi connectivity index (χ0) is 15.2. The van der Waals surface area contributed by atoms with Crippen LogP contribution in [0.5, 0.6) is 0 Å². The van der Waals surface area contributed by atoms with Crippen molar-refractivity contribution in [2.24, 2.45) is 0 Å². The minimum Gasteiger partial charge on any atom is -0.346 e. The summed E-state index contributed by atoms with van der Waals surface area (Å²) >= 11 is 0. The molecule has 0 spiro atoms. The number of aromatic nitrogens is 3. The Kier molecular flexibility index (Phi) is 5.03. The molecule has 0 saturated heterocycles. The van der Waals surface area contributed by atoms with Crippen LogP contribution in [0.25, 0.3) is 0 Å². The van der Waals surface area contributed by atoms with Crippen molar-refractivity contribution in [2.45, 2.75) is 38.6 Å². The van der Waals surface area contributed by atoms with Crippen molar-refractivity contribution >= 4 is 5.91 Å². The molecule has 2 rings (SSSR count). The van der Waals surface area contributed by atoms with E-state index in [1.165, 1.54) is 18.5 Å². The lowest BCUT2D eigenvalue weighted by Crippen LogP contribution is -2.29. The third-order valence-electron chi connectivity index (χ3n) is 3.44. The Bertz CT molecular complexity index is 568. The second kappa shape index (κ2) is 6.97. The van der Waals surface area contributed by atoms with Crippen LogP contribution in [0.1, 0.15) is 50.0 Å². The van der Waals surface area contributed by atoms with Gasteiger partial charge in [-0.2, -0.15) is 5.10 Å². The van der Waals surface area contributed by atoms with Gasteiger partial charge in [0, 0.05) is 6.42 Å². The molecule has 1 aromatic carbocycles. The van der Waals surface area contributed by atoms with E-state index in [9.17, 15) is 9.18 Å². The number of amides is 1. The Morgan fingerprint density at radius 2 is 2.10 bits per heavy atom. The van der Waals surface area contributed by atoms with Crippen LogP contribution in [0.2, 0.25) is 0 Å². The number of carbonyl (C=O) groups excluding carboxylic acids is 1. The second-order valence-electron chi connectivity index (χ2n) is 5.06. The lowest BCUT2D eigenvalue weighted by molar-refractivity contribution is -0.122. The van der Waals surface area contributed by atoms with Crippen molar-refractivity contribution < 1.29 is 9.18 Å². The maximum atomic E-state index is 12.9. The maximum Gasteiger partial charge on any atom is 0.221 e. The van der Waals surface area contributed by atoms with E-state index < -0.39 is 0 Å². The summed E-state index contributed by atoms with van der Waals surface area (Å²) in [6.45, 7) is 3.92. The van der Waals surface area contributed by atoms with Crippen LogP contribution in [0.15, 0.2) is 30.6 Å². The molecule has 6 heteroatoms. The SMILES string of the molecule is CC[C@H](NC(=O)C[C@@H](C)c1ccc(F)cc1)c1ncn[nH]1. The highest BCUT2D eigenvalue weighted by molar-refractivity contribution is 5.77. The number of aromatic amines is 1. The summed E-state index contributed by atoms with van der Waals surface area (Å²) in [6.07, 6.45) is 2.49. The Labute approximate surface area is 123 Å². The molecule has 0 fully saturated rings. The van der Waals surface area contributed by atoms with E-state index in [2.05, 4.69) is 20.5 Å². The standard InChI is InChI=1S/C15H19FN4O/c1-3-13(15-17-9-18-20-15)19-14(21)8-10(2)11-4-6-12(16)7-5-11/h4-7,9-10,13H,3,8H2,1-2H3,(H,19,21)(H,17,18,20)/t10-,13+/m1/s1. The lowest BCUT2D eigenvalue weighted by Gasteiger charge is -2.17. The molecule has 0 unspecified atom stereocenters. The van der Waals surface area contributed by atoms with Crippen LogP contribution in [0.3, 0.4) is 0 Å². The molecular formula is C15H19FN4O. The first kappa shape index (κ1) is 15.2. The second-order valence-corrected chi connectivity index (χ2v) is 5.06. The van der Waals surface area contributed by atoms with E-state index in [4.69, 9.17) is 0 Å². The molecule has 0 aliphatic rings. The molecule has 0 bridgehead atoms. The molecule has 0 aliphatic heterocycles. The Hall–Kier alpha value is -2.24. The topological polar surface area (TPSA) is 70.7 Å². The molecule has 1 amide bonds. The summed E-state index contributed by atoms with van der Waals surface area (Å²) in [7, 11) is 0. The molecule has 5 nitrogen and oxygen atoms in total. The Morgan fingerprint density at radius 3 is 2.67 bits per heavy atom. The first-order valence-electron chi connectivity index (χ1n) is 7.00. The van der Waals surface area contributed by atoms with Crippen molar-refractivity contribution in [1.29, 1.82) is 0 Å². The maximum absolute atomic E-state index is 12.9. The van der Waals surface area contributed by atoms with Gasteiger partial charge in [0.15, 0.2) is 0 Å². The van der Waals surface area contributed by atoms with Gasteiger partial charge in [-0.1, -0.05) is 26.0 Å². The van der Waals surface area contributed by atoms with Crippen LogP contribution in [-0.4, -0.2) is 21.1 Å². The van der Waals surface area contributed by atoms with Crippen molar-refractivity contribution in [3.8, 4) is 0 Å². The van der Waals surface area contributed by atoms with Gasteiger partial charge in [0.2, 0.25) is 5.91 Å². The smallest absolute Gasteiger partial charge is 0.221 e. The van der Waals surface area contributed by atoms with Crippen LogP contribution in [-0.2, 0) is 4.79 Å². The average molecular weight is 290 g/mol. The molecule has 2 N–H and O–H groups in total. The molecule has 1 heterocycles. The first-order chi connectivity index (χ1) is 10.1. The van der Waals surface area contributed by atoms with E-state index in [-0.39, 0.29) is 23.7 Å². The van der Waals surface area contributed by atoms with Crippen molar-refractivity contribution in [3.63, 3.8) is 0 Å². The number of nitrogens with zero attached hydrogens (tertiary/aromatic N) is 2. The molecule has 0 radical (unpaired) electrons. The molecule has 1 aromatic heterocycles. The fourth-order valence-corrected chi connectivity index (χ4v) is 2.19. The van der Waals surface area contributed by atoms with Crippen LogP contribution >= 0.6 is 0 Å². The number of H-pyrrole nitrogens is 1. The summed E-state index contributed by atoms with van der Waals surface area (Å²) in [5, 5.41) is 9.49. The summed E-state index contributed by atoms with van der Waals surface area (Å²) in [6, 6.07) is 6.07. The summed E-state index contributed by atoms with van der Waals surface area (Å²) in [5.74, 6) is 0.347. The molecule has 0 saturated carbocycles. The van der Waals surface area contributed by atoms with Crippen LogP contribution in [0, 0.1) is 5.82 Å². The third-order valence-corrected chi connectivity index (χ3v) is 3.44. The predicted molar refractivity (Wildman–Crippen MR) is 77.0 cm³/mol. The van der Waals surface area contributed by atoms with E-state index in [0.717, 1.165) is 12.0 Å². The Morgan fingerprint density at radius 1 is 1.38 bits per heavy atom. The molecule has 21 heavy (non-hydrogen) atoms. The monoisotopic (exact) mass is 290 g/mol. The third kappa shape index (κ3) is 4.11.